The zero-order chi connectivity index (χ0) is 12.8. The number of nitrogens with zero attached hydrogens (tertiary/aromatic N) is 1. The average Bonchev–Trinajstić information content (AvgIpc) is 2.40. The smallest absolute Gasteiger partial charge is 0.338 e. The van der Waals surface area contributed by atoms with E-state index in [2.05, 4.69) is 4.98 Å². The van der Waals surface area contributed by atoms with Gasteiger partial charge in [0, 0.05) is 12.3 Å². The van der Waals surface area contributed by atoms with E-state index in [-0.39, 0.29) is 12.1 Å². The summed E-state index contributed by atoms with van der Waals surface area (Å²) in [6.45, 7) is 2.42. The van der Waals surface area contributed by atoms with Gasteiger partial charge in [0.1, 0.15) is 6.10 Å². The van der Waals surface area contributed by atoms with Crippen LogP contribution in [0.3, 0.4) is 0 Å². The van der Waals surface area contributed by atoms with E-state index in [4.69, 9.17) is 9.47 Å². The molecule has 0 amide bonds. The summed E-state index contributed by atoms with van der Waals surface area (Å²) in [4.78, 5) is 16.0. The zero-order valence-corrected chi connectivity index (χ0v) is 10.7. The maximum absolute atomic E-state index is 12.0. The zero-order valence-electron chi connectivity index (χ0n) is 10.7. The maximum atomic E-state index is 12.0. The van der Waals surface area contributed by atoms with Gasteiger partial charge >= 0.3 is 5.97 Å². The van der Waals surface area contributed by atoms with Crippen LogP contribution in [-0.2, 0) is 4.74 Å². The van der Waals surface area contributed by atoms with Crippen molar-refractivity contribution in [3.8, 4) is 5.88 Å². The van der Waals surface area contributed by atoms with Crippen molar-refractivity contribution in [2.75, 3.05) is 6.61 Å². The predicted molar refractivity (Wildman–Crippen MR) is 67.7 cm³/mol. The second-order valence-corrected chi connectivity index (χ2v) is 4.48. The van der Waals surface area contributed by atoms with Crippen LogP contribution < -0.4 is 4.74 Å². The minimum absolute atomic E-state index is 0.0787. The predicted octanol–water partition coefficient (Wildman–Crippen LogP) is 2.97. The summed E-state index contributed by atoms with van der Waals surface area (Å²) in [5.41, 5.74) is 0.513. The second kappa shape index (κ2) is 6.38. The molecule has 2 rings (SSSR count). The lowest BCUT2D eigenvalue weighted by Crippen LogP contribution is -2.21. The van der Waals surface area contributed by atoms with Crippen molar-refractivity contribution < 1.29 is 14.3 Å². The topological polar surface area (TPSA) is 48.4 Å². The third-order valence-electron chi connectivity index (χ3n) is 3.09. The minimum Gasteiger partial charge on any atom is -0.478 e. The van der Waals surface area contributed by atoms with E-state index in [9.17, 15) is 4.79 Å². The van der Waals surface area contributed by atoms with Crippen molar-refractivity contribution in [1.29, 1.82) is 0 Å². The fourth-order valence-electron chi connectivity index (χ4n) is 2.17. The number of carbonyl (C=O) groups excluding carboxylic acids is 1. The Morgan fingerprint density at radius 2 is 2.17 bits per heavy atom. The number of carbonyl (C=O) groups is 1. The first-order chi connectivity index (χ1) is 8.79. The monoisotopic (exact) mass is 249 g/mol. The van der Waals surface area contributed by atoms with E-state index < -0.39 is 0 Å². The third-order valence-corrected chi connectivity index (χ3v) is 3.09. The Morgan fingerprint density at radius 1 is 1.39 bits per heavy atom. The van der Waals surface area contributed by atoms with E-state index in [0.29, 0.717) is 18.1 Å². The Kier molecular flexibility index (Phi) is 4.56. The largest absolute Gasteiger partial charge is 0.478 e. The lowest BCUT2D eigenvalue weighted by atomic mass is 9.98. The summed E-state index contributed by atoms with van der Waals surface area (Å²) in [7, 11) is 0. The molecule has 1 aromatic heterocycles. The number of ether oxygens (including phenoxy) is 2. The molecule has 1 aliphatic carbocycles. The van der Waals surface area contributed by atoms with Crippen LogP contribution in [0.2, 0.25) is 0 Å². The second-order valence-electron chi connectivity index (χ2n) is 4.48. The number of hydrogen-bond acceptors (Lipinski definition) is 4. The van der Waals surface area contributed by atoms with Crippen LogP contribution >= 0.6 is 0 Å². The molecule has 0 atom stereocenters. The molecular formula is C14H19NO3. The summed E-state index contributed by atoms with van der Waals surface area (Å²) in [6.07, 6.45) is 7.16. The van der Waals surface area contributed by atoms with Gasteiger partial charge in [0.05, 0.1) is 12.2 Å². The maximum Gasteiger partial charge on any atom is 0.338 e. The molecule has 1 heterocycles. The van der Waals surface area contributed by atoms with E-state index >= 15 is 0 Å². The SMILES string of the molecule is CCOc1cc(C(=O)OC2CCCCC2)ccn1. The van der Waals surface area contributed by atoms with Gasteiger partial charge in [-0.25, -0.2) is 9.78 Å². The number of hydrogen-bond donors (Lipinski definition) is 0. The summed E-state index contributed by atoms with van der Waals surface area (Å²) in [5.74, 6) is 0.195. The first-order valence-electron chi connectivity index (χ1n) is 6.59. The van der Waals surface area contributed by atoms with Crippen LogP contribution in [0.15, 0.2) is 18.3 Å². The fraction of sp³-hybridized carbons (Fsp3) is 0.571. The summed E-state index contributed by atoms with van der Waals surface area (Å²) < 4.78 is 10.8. The van der Waals surface area contributed by atoms with Crippen LogP contribution in [-0.4, -0.2) is 23.7 Å². The van der Waals surface area contributed by atoms with Crippen LogP contribution in [0.1, 0.15) is 49.4 Å². The van der Waals surface area contributed by atoms with Crippen molar-refractivity contribution in [2.24, 2.45) is 0 Å². The normalized spacial score (nSPS) is 16.3. The molecule has 18 heavy (non-hydrogen) atoms. The number of rotatable bonds is 4. The molecule has 0 saturated heterocycles. The van der Waals surface area contributed by atoms with Crippen molar-refractivity contribution in [1.82, 2.24) is 4.98 Å². The van der Waals surface area contributed by atoms with Crippen LogP contribution in [0.25, 0.3) is 0 Å². The van der Waals surface area contributed by atoms with Crippen LogP contribution in [0.4, 0.5) is 0 Å². The van der Waals surface area contributed by atoms with Crippen molar-refractivity contribution >= 4 is 5.97 Å². The van der Waals surface area contributed by atoms with Crippen LogP contribution in [0.5, 0.6) is 5.88 Å². The fourth-order valence-corrected chi connectivity index (χ4v) is 2.17. The summed E-state index contributed by atoms with van der Waals surface area (Å²) in [6, 6.07) is 3.29. The Hall–Kier alpha value is -1.58. The molecule has 4 heteroatoms. The van der Waals surface area contributed by atoms with E-state index in [1.807, 2.05) is 6.92 Å². The minimum atomic E-state index is -0.273. The molecule has 1 fully saturated rings. The molecule has 1 aromatic rings. The van der Waals surface area contributed by atoms with E-state index in [1.54, 1.807) is 18.3 Å². The average molecular weight is 249 g/mol. The molecule has 98 valence electrons. The Labute approximate surface area is 107 Å². The number of aromatic nitrogens is 1. The lowest BCUT2D eigenvalue weighted by molar-refractivity contribution is 0.0210. The number of esters is 1. The molecule has 0 spiro atoms. The molecule has 0 N–H and O–H groups in total. The highest BCUT2D eigenvalue weighted by Crippen LogP contribution is 2.21. The van der Waals surface area contributed by atoms with Gasteiger partial charge in [0.2, 0.25) is 5.88 Å². The Morgan fingerprint density at radius 3 is 2.89 bits per heavy atom. The summed E-state index contributed by atoms with van der Waals surface area (Å²) in [5, 5.41) is 0. The first-order valence-corrected chi connectivity index (χ1v) is 6.59. The van der Waals surface area contributed by atoms with Gasteiger partial charge < -0.3 is 9.47 Å². The third kappa shape index (κ3) is 3.45. The molecule has 0 unspecified atom stereocenters. The van der Waals surface area contributed by atoms with E-state index in [1.165, 1.54) is 6.42 Å². The highest BCUT2D eigenvalue weighted by Gasteiger charge is 2.19. The molecule has 0 aromatic carbocycles. The molecule has 0 aliphatic heterocycles. The summed E-state index contributed by atoms with van der Waals surface area (Å²) >= 11 is 0. The number of pyridine rings is 1. The molecule has 1 aliphatic rings. The van der Waals surface area contributed by atoms with Gasteiger partial charge in [-0.3, -0.25) is 0 Å². The standard InChI is InChI=1S/C14H19NO3/c1-2-17-13-10-11(8-9-15-13)14(16)18-12-6-4-3-5-7-12/h8-10,12H,2-7H2,1H3. The van der Waals surface area contributed by atoms with Gasteiger partial charge in [-0.2, -0.15) is 0 Å². The van der Waals surface area contributed by atoms with Gasteiger partial charge in [-0.1, -0.05) is 6.42 Å². The van der Waals surface area contributed by atoms with E-state index in [0.717, 1.165) is 25.7 Å². The van der Waals surface area contributed by atoms with Gasteiger partial charge in [0.15, 0.2) is 0 Å². The Balaban J connectivity index is 1.96. The van der Waals surface area contributed by atoms with Crippen molar-refractivity contribution in [2.45, 2.75) is 45.1 Å². The molecule has 1 saturated carbocycles. The lowest BCUT2D eigenvalue weighted by Gasteiger charge is -2.21. The van der Waals surface area contributed by atoms with Crippen LogP contribution in [0, 0.1) is 0 Å². The van der Waals surface area contributed by atoms with Gasteiger partial charge in [-0.05, 0) is 38.7 Å². The van der Waals surface area contributed by atoms with Crippen molar-refractivity contribution in [3.05, 3.63) is 23.9 Å². The van der Waals surface area contributed by atoms with Gasteiger partial charge in [0.25, 0.3) is 0 Å². The van der Waals surface area contributed by atoms with Gasteiger partial charge in [-0.15, -0.1) is 0 Å². The van der Waals surface area contributed by atoms with Crippen molar-refractivity contribution in [3.63, 3.8) is 0 Å². The Bertz CT molecular complexity index is 400. The molecular weight excluding hydrogens is 230 g/mol. The molecule has 4 nitrogen and oxygen atoms in total. The highest BCUT2D eigenvalue weighted by molar-refractivity contribution is 5.89. The first kappa shape index (κ1) is 12.9. The quantitative estimate of drug-likeness (QED) is 0.770. The molecule has 0 bridgehead atoms. The molecule has 0 radical (unpaired) electrons. The highest BCUT2D eigenvalue weighted by atomic mass is 16.5.